The van der Waals surface area contributed by atoms with E-state index >= 15 is 0 Å². The number of fused-ring (bicyclic) bond motifs is 1. The molecular weight excluding hydrogens is 188 g/mol. The minimum absolute atomic E-state index is 0.858. The number of hydrogen-bond donors (Lipinski definition) is 0. The molecule has 2 rings (SSSR count). The van der Waals surface area contributed by atoms with Crippen molar-refractivity contribution in [1.82, 2.24) is 19.7 Å². The van der Waals surface area contributed by atoms with Crippen LogP contribution in [0.2, 0.25) is 0 Å². The fourth-order valence-corrected chi connectivity index (χ4v) is 1.71. The van der Waals surface area contributed by atoms with Gasteiger partial charge in [-0.05, 0) is 13.3 Å². The van der Waals surface area contributed by atoms with E-state index in [4.69, 9.17) is 0 Å². The predicted octanol–water partition coefficient (Wildman–Crippen LogP) is 1.97. The summed E-state index contributed by atoms with van der Waals surface area (Å²) in [7, 11) is 0. The molecule has 0 atom stereocenters. The van der Waals surface area contributed by atoms with Crippen LogP contribution < -0.4 is 0 Å². The van der Waals surface area contributed by atoms with Gasteiger partial charge in [0, 0.05) is 19.2 Å². The first-order chi connectivity index (χ1) is 7.30. The first-order valence-electron chi connectivity index (χ1n) is 5.51. The SMILES string of the molecule is CCc1ncc2c(CC)nn(CC)c2n1. The van der Waals surface area contributed by atoms with Crippen molar-refractivity contribution in [2.45, 2.75) is 40.2 Å². The molecule has 0 unspecified atom stereocenters. The van der Waals surface area contributed by atoms with E-state index in [-0.39, 0.29) is 0 Å². The third-order valence-corrected chi connectivity index (χ3v) is 2.57. The van der Waals surface area contributed by atoms with Crippen molar-refractivity contribution in [3.63, 3.8) is 0 Å². The molecule has 0 spiro atoms. The largest absolute Gasteiger partial charge is 0.247 e. The second kappa shape index (κ2) is 3.96. The van der Waals surface area contributed by atoms with E-state index < -0.39 is 0 Å². The van der Waals surface area contributed by atoms with Gasteiger partial charge >= 0.3 is 0 Å². The van der Waals surface area contributed by atoms with Crippen LogP contribution in [0, 0.1) is 0 Å². The van der Waals surface area contributed by atoms with Crippen LogP contribution in [0.4, 0.5) is 0 Å². The maximum absolute atomic E-state index is 4.52. The topological polar surface area (TPSA) is 43.6 Å². The lowest BCUT2D eigenvalue weighted by atomic mass is 10.2. The van der Waals surface area contributed by atoms with E-state index in [1.54, 1.807) is 0 Å². The van der Waals surface area contributed by atoms with Crippen molar-refractivity contribution in [2.24, 2.45) is 0 Å². The van der Waals surface area contributed by atoms with Crippen LogP contribution >= 0.6 is 0 Å². The summed E-state index contributed by atoms with van der Waals surface area (Å²) in [6.07, 6.45) is 3.70. The third-order valence-electron chi connectivity index (χ3n) is 2.57. The first kappa shape index (κ1) is 10.1. The summed E-state index contributed by atoms with van der Waals surface area (Å²) in [5.41, 5.74) is 2.07. The van der Waals surface area contributed by atoms with E-state index in [0.29, 0.717) is 0 Å². The Kier molecular flexibility index (Phi) is 2.66. The number of aromatic nitrogens is 4. The van der Waals surface area contributed by atoms with Crippen molar-refractivity contribution < 1.29 is 0 Å². The Morgan fingerprint density at radius 1 is 1.20 bits per heavy atom. The molecule has 0 aliphatic carbocycles. The van der Waals surface area contributed by atoms with Crippen molar-refractivity contribution in [1.29, 1.82) is 0 Å². The Labute approximate surface area is 89.3 Å². The van der Waals surface area contributed by atoms with E-state index in [1.807, 2.05) is 10.9 Å². The van der Waals surface area contributed by atoms with Gasteiger partial charge in [-0.15, -0.1) is 0 Å². The van der Waals surface area contributed by atoms with Gasteiger partial charge in [-0.25, -0.2) is 14.6 Å². The van der Waals surface area contributed by atoms with Gasteiger partial charge in [-0.1, -0.05) is 13.8 Å². The Morgan fingerprint density at radius 2 is 2.00 bits per heavy atom. The zero-order valence-electron chi connectivity index (χ0n) is 9.49. The van der Waals surface area contributed by atoms with Crippen LogP contribution in [0.25, 0.3) is 11.0 Å². The predicted molar refractivity (Wildman–Crippen MR) is 59.8 cm³/mol. The summed E-state index contributed by atoms with van der Waals surface area (Å²) < 4.78 is 1.95. The van der Waals surface area contributed by atoms with Gasteiger partial charge in [0.1, 0.15) is 5.82 Å². The molecule has 15 heavy (non-hydrogen) atoms. The number of rotatable bonds is 3. The van der Waals surface area contributed by atoms with Crippen LogP contribution in [0.5, 0.6) is 0 Å². The van der Waals surface area contributed by atoms with Crippen LogP contribution in [-0.4, -0.2) is 19.7 Å². The highest BCUT2D eigenvalue weighted by Gasteiger charge is 2.10. The van der Waals surface area contributed by atoms with Gasteiger partial charge in [-0.3, -0.25) is 0 Å². The van der Waals surface area contributed by atoms with Crippen LogP contribution in [0.15, 0.2) is 6.20 Å². The maximum Gasteiger partial charge on any atom is 0.161 e. The molecule has 2 aromatic rings. The zero-order valence-corrected chi connectivity index (χ0v) is 9.49. The molecule has 4 nitrogen and oxygen atoms in total. The molecule has 0 N–H and O–H groups in total. The van der Waals surface area contributed by atoms with E-state index in [0.717, 1.165) is 41.9 Å². The molecule has 0 bridgehead atoms. The molecule has 4 heteroatoms. The maximum atomic E-state index is 4.52. The van der Waals surface area contributed by atoms with Gasteiger partial charge in [0.2, 0.25) is 0 Å². The monoisotopic (exact) mass is 204 g/mol. The van der Waals surface area contributed by atoms with E-state index in [2.05, 4.69) is 35.8 Å². The smallest absolute Gasteiger partial charge is 0.161 e. The van der Waals surface area contributed by atoms with Crippen molar-refractivity contribution in [3.05, 3.63) is 17.7 Å². The van der Waals surface area contributed by atoms with Crippen molar-refractivity contribution >= 4 is 11.0 Å². The van der Waals surface area contributed by atoms with Gasteiger partial charge in [-0.2, -0.15) is 5.10 Å². The zero-order chi connectivity index (χ0) is 10.8. The summed E-state index contributed by atoms with van der Waals surface area (Å²) in [5, 5.41) is 5.61. The molecule has 0 fully saturated rings. The number of hydrogen-bond acceptors (Lipinski definition) is 3. The van der Waals surface area contributed by atoms with Crippen LogP contribution in [0.3, 0.4) is 0 Å². The lowest BCUT2D eigenvalue weighted by Gasteiger charge is -1.98. The fourth-order valence-electron chi connectivity index (χ4n) is 1.71. The van der Waals surface area contributed by atoms with Crippen molar-refractivity contribution in [2.75, 3.05) is 0 Å². The molecule has 0 amide bonds. The number of nitrogens with zero attached hydrogens (tertiary/aromatic N) is 4. The van der Waals surface area contributed by atoms with Gasteiger partial charge in [0.15, 0.2) is 5.65 Å². The lowest BCUT2D eigenvalue weighted by molar-refractivity contribution is 0.662. The summed E-state index contributed by atoms with van der Waals surface area (Å²) >= 11 is 0. The minimum atomic E-state index is 0.858. The van der Waals surface area contributed by atoms with Crippen LogP contribution in [-0.2, 0) is 19.4 Å². The molecule has 2 heterocycles. The standard InChI is InChI=1S/C11H16N4/c1-4-9-8-7-12-10(5-2)13-11(8)15(6-3)14-9/h7H,4-6H2,1-3H3. The Bertz CT molecular complexity index is 473. The minimum Gasteiger partial charge on any atom is -0.247 e. The summed E-state index contributed by atoms with van der Waals surface area (Å²) in [6, 6.07) is 0. The molecular formula is C11H16N4. The second-order valence-electron chi connectivity index (χ2n) is 3.49. The van der Waals surface area contributed by atoms with Crippen molar-refractivity contribution in [3.8, 4) is 0 Å². The molecule has 2 aromatic heterocycles. The molecule has 0 saturated heterocycles. The molecule has 0 aliphatic heterocycles. The third kappa shape index (κ3) is 1.60. The molecule has 0 aromatic carbocycles. The highest BCUT2D eigenvalue weighted by molar-refractivity contribution is 5.77. The molecule has 0 radical (unpaired) electrons. The average molecular weight is 204 g/mol. The van der Waals surface area contributed by atoms with E-state index in [1.165, 1.54) is 0 Å². The van der Waals surface area contributed by atoms with Gasteiger partial charge in [0.25, 0.3) is 0 Å². The number of aryl methyl sites for hydroxylation is 3. The summed E-state index contributed by atoms with van der Waals surface area (Å²) in [4.78, 5) is 8.84. The second-order valence-corrected chi connectivity index (χ2v) is 3.49. The Hall–Kier alpha value is -1.45. The summed E-state index contributed by atoms with van der Waals surface area (Å²) in [5.74, 6) is 0.889. The first-order valence-corrected chi connectivity index (χ1v) is 5.51. The quantitative estimate of drug-likeness (QED) is 0.767. The summed E-state index contributed by atoms with van der Waals surface area (Å²) in [6.45, 7) is 7.11. The van der Waals surface area contributed by atoms with E-state index in [9.17, 15) is 0 Å². The van der Waals surface area contributed by atoms with Crippen LogP contribution in [0.1, 0.15) is 32.3 Å². The molecule has 0 saturated carbocycles. The lowest BCUT2D eigenvalue weighted by Crippen LogP contribution is -2.00. The Balaban J connectivity index is 2.68. The average Bonchev–Trinajstić information content (AvgIpc) is 2.65. The highest BCUT2D eigenvalue weighted by Crippen LogP contribution is 2.16. The molecule has 80 valence electrons. The molecule has 0 aliphatic rings. The highest BCUT2D eigenvalue weighted by atomic mass is 15.3. The Morgan fingerprint density at radius 3 is 2.60 bits per heavy atom. The van der Waals surface area contributed by atoms with Gasteiger partial charge in [0.05, 0.1) is 11.1 Å². The fraction of sp³-hybridized carbons (Fsp3) is 0.545. The normalized spacial score (nSPS) is 11.1. The van der Waals surface area contributed by atoms with Gasteiger partial charge < -0.3 is 0 Å².